The number of rotatable bonds is 5. The summed E-state index contributed by atoms with van der Waals surface area (Å²) in [4.78, 5) is 21.4. The van der Waals surface area contributed by atoms with Crippen LogP contribution in [0.25, 0.3) is 16.7 Å². The lowest BCUT2D eigenvalue weighted by molar-refractivity contribution is -0.117. The van der Waals surface area contributed by atoms with E-state index >= 15 is 0 Å². The van der Waals surface area contributed by atoms with Crippen molar-refractivity contribution in [1.29, 1.82) is 0 Å². The monoisotopic (exact) mass is 429 g/mol. The van der Waals surface area contributed by atoms with Gasteiger partial charge >= 0.3 is 0 Å². The minimum atomic E-state index is -0.383. The van der Waals surface area contributed by atoms with Gasteiger partial charge in [-0.25, -0.2) is 14.4 Å². The topological polar surface area (TPSA) is 64.2 Å². The standard InChI is InChI=1S/C20H17ClFN5OS/c1-12(14-3-4-16(15(22)11-14)26-8-7-23-13(26)2)24-18(28)6-5-17-19(21)25-20-27(17)9-10-29-20/h3-12H,1-2H3,(H,24,28). The minimum absolute atomic E-state index is 0.311. The number of halogens is 2. The van der Waals surface area contributed by atoms with E-state index in [1.54, 1.807) is 49.0 Å². The van der Waals surface area contributed by atoms with Crippen LogP contribution in [0.4, 0.5) is 4.39 Å². The van der Waals surface area contributed by atoms with Gasteiger partial charge in [0.25, 0.3) is 0 Å². The molecule has 4 rings (SSSR count). The molecule has 0 radical (unpaired) electrons. The lowest BCUT2D eigenvalue weighted by Crippen LogP contribution is -2.24. The molecule has 0 aliphatic heterocycles. The molecule has 3 heterocycles. The van der Waals surface area contributed by atoms with Crippen LogP contribution in [0, 0.1) is 12.7 Å². The van der Waals surface area contributed by atoms with Gasteiger partial charge < -0.3 is 9.88 Å². The number of hydrogen-bond acceptors (Lipinski definition) is 4. The van der Waals surface area contributed by atoms with Gasteiger partial charge in [0, 0.05) is 30.0 Å². The van der Waals surface area contributed by atoms with Crippen molar-refractivity contribution in [2.75, 3.05) is 0 Å². The molecule has 0 spiro atoms. The third-order valence-corrected chi connectivity index (χ3v) is 5.60. The van der Waals surface area contributed by atoms with Crippen molar-refractivity contribution in [3.63, 3.8) is 0 Å². The van der Waals surface area contributed by atoms with E-state index in [0.717, 1.165) is 4.96 Å². The van der Waals surface area contributed by atoms with Gasteiger partial charge in [-0.1, -0.05) is 17.7 Å². The number of nitrogens with zero attached hydrogens (tertiary/aromatic N) is 4. The van der Waals surface area contributed by atoms with E-state index in [0.29, 0.717) is 27.9 Å². The Kier molecular flexibility index (Phi) is 5.21. The number of fused-ring (bicyclic) bond motifs is 1. The first-order chi connectivity index (χ1) is 13.9. The van der Waals surface area contributed by atoms with Crippen molar-refractivity contribution < 1.29 is 9.18 Å². The summed E-state index contributed by atoms with van der Waals surface area (Å²) in [6.45, 7) is 3.60. The maximum absolute atomic E-state index is 14.6. The van der Waals surface area contributed by atoms with Crippen LogP contribution in [0.15, 0.2) is 48.2 Å². The van der Waals surface area contributed by atoms with E-state index in [4.69, 9.17) is 11.6 Å². The summed E-state index contributed by atoms with van der Waals surface area (Å²) in [6, 6.07) is 4.51. The molecule has 148 valence electrons. The van der Waals surface area contributed by atoms with Gasteiger partial charge in [0.2, 0.25) is 5.91 Å². The summed E-state index contributed by atoms with van der Waals surface area (Å²) in [5, 5.41) is 5.06. The summed E-state index contributed by atoms with van der Waals surface area (Å²) in [7, 11) is 0. The molecule has 0 aliphatic rings. The first-order valence-corrected chi connectivity index (χ1v) is 10.1. The Labute approximate surface area is 175 Å². The Morgan fingerprint density at radius 1 is 1.38 bits per heavy atom. The number of imidazole rings is 2. The Bertz CT molecular complexity index is 1220. The van der Waals surface area contributed by atoms with Gasteiger partial charge in [-0.05, 0) is 37.6 Å². The van der Waals surface area contributed by atoms with Crippen molar-refractivity contribution in [3.8, 4) is 5.69 Å². The predicted octanol–water partition coefficient (Wildman–Crippen LogP) is 4.57. The van der Waals surface area contributed by atoms with E-state index in [1.165, 1.54) is 23.5 Å². The van der Waals surface area contributed by atoms with E-state index < -0.39 is 0 Å². The average molecular weight is 430 g/mol. The second kappa shape index (κ2) is 7.81. The lowest BCUT2D eigenvalue weighted by atomic mass is 10.1. The van der Waals surface area contributed by atoms with Crippen LogP contribution in [0.2, 0.25) is 5.15 Å². The zero-order valence-electron chi connectivity index (χ0n) is 15.6. The number of benzene rings is 1. The fourth-order valence-electron chi connectivity index (χ4n) is 3.05. The lowest BCUT2D eigenvalue weighted by Gasteiger charge is -2.15. The summed E-state index contributed by atoms with van der Waals surface area (Å²) in [5.41, 5.74) is 1.71. The molecule has 6 nitrogen and oxygen atoms in total. The second-order valence-corrected chi connectivity index (χ2v) is 7.69. The average Bonchev–Trinajstić information content (AvgIpc) is 3.37. The van der Waals surface area contributed by atoms with Crippen LogP contribution in [-0.2, 0) is 4.79 Å². The molecule has 0 fully saturated rings. The molecule has 9 heteroatoms. The molecule has 0 saturated carbocycles. The van der Waals surface area contributed by atoms with Gasteiger partial charge in [-0.15, -0.1) is 11.3 Å². The van der Waals surface area contributed by atoms with E-state index in [1.807, 2.05) is 16.0 Å². The Morgan fingerprint density at radius 3 is 2.93 bits per heavy atom. The molecule has 1 atom stereocenters. The number of hydrogen-bond donors (Lipinski definition) is 1. The highest BCUT2D eigenvalue weighted by atomic mass is 35.5. The van der Waals surface area contributed by atoms with Crippen molar-refractivity contribution in [2.45, 2.75) is 19.9 Å². The van der Waals surface area contributed by atoms with Crippen LogP contribution < -0.4 is 5.32 Å². The van der Waals surface area contributed by atoms with Crippen molar-refractivity contribution in [3.05, 3.63) is 76.3 Å². The number of thiazole rings is 1. The third-order valence-electron chi connectivity index (χ3n) is 4.56. The molecule has 0 aliphatic carbocycles. The van der Waals surface area contributed by atoms with Crippen LogP contribution in [0.1, 0.15) is 30.0 Å². The SMILES string of the molecule is Cc1nccn1-c1ccc(C(C)NC(=O)C=Cc2c(Cl)nc3sccn23)cc1F. The molecule has 0 bridgehead atoms. The van der Waals surface area contributed by atoms with Crippen molar-refractivity contribution >= 4 is 39.9 Å². The zero-order chi connectivity index (χ0) is 20.5. The molecule has 3 aromatic heterocycles. The summed E-state index contributed by atoms with van der Waals surface area (Å²) >= 11 is 7.58. The van der Waals surface area contributed by atoms with Crippen LogP contribution in [0.5, 0.6) is 0 Å². The van der Waals surface area contributed by atoms with Crippen molar-refractivity contribution in [1.82, 2.24) is 24.3 Å². The first kappa shape index (κ1) is 19.4. The Morgan fingerprint density at radius 2 is 2.21 bits per heavy atom. The Balaban J connectivity index is 1.47. The highest BCUT2D eigenvalue weighted by Gasteiger charge is 2.13. The predicted molar refractivity (Wildman–Crippen MR) is 112 cm³/mol. The normalized spacial score (nSPS) is 12.7. The van der Waals surface area contributed by atoms with Crippen molar-refractivity contribution in [2.24, 2.45) is 0 Å². The van der Waals surface area contributed by atoms with Gasteiger partial charge in [0.15, 0.2) is 10.1 Å². The number of aromatic nitrogens is 4. The smallest absolute Gasteiger partial charge is 0.244 e. The molecule has 1 amide bonds. The van der Waals surface area contributed by atoms with E-state index in [-0.39, 0.29) is 17.8 Å². The Hall–Kier alpha value is -2.97. The van der Waals surface area contributed by atoms with Gasteiger partial charge in [-0.2, -0.15) is 0 Å². The summed E-state index contributed by atoms with van der Waals surface area (Å²) in [5.74, 6) is 0.00113. The molecule has 29 heavy (non-hydrogen) atoms. The van der Waals surface area contributed by atoms with Crippen LogP contribution in [0.3, 0.4) is 0 Å². The summed E-state index contributed by atoms with van der Waals surface area (Å²) < 4.78 is 18.1. The maximum Gasteiger partial charge on any atom is 0.244 e. The number of amides is 1. The molecule has 1 unspecified atom stereocenters. The number of carbonyl (C=O) groups excluding carboxylic acids is 1. The number of nitrogens with one attached hydrogen (secondary N) is 1. The molecule has 1 aromatic carbocycles. The van der Waals surface area contributed by atoms with Crippen LogP contribution >= 0.6 is 22.9 Å². The largest absolute Gasteiger partial charge is 0.346 e. The van der Waals surface area contributed by atoms with E-state index in [2.05, 4.69) is 15.3 Å². The minimum Gasteiger partial charge on any atom is -0.346 e. The fourth-order valence-corrected chi connectivity index (χ4v) is 4.05. The molecular weight excluding hydrogens is 413 g/mol. The maximum atomic E-state index is 14.6. The third kappa shape index (κ3) is 3.81. The first-order valence-electron chi connectivity index (χ1n) is 8.83. The molecule has 0 saturated heterocycles. The fraction of sp³-hybridized carbons (Fsp3) is 0.150. The van der Waals surface area contributed by atoms with Crippen LogP contribution in [-0.4, -0.2) is 24.8 Å². The van der Waals surface area contributed by atoms with Gasteiger partial charge in [-0.3, -0.25) is 9.20 Å². The highest BCUT2D eigenvalue weighted by molar-refractivity contribution is 7.15. The number of aryl methyl sites for hydroxylation is 1. The number of carbonyl (C=O) groups is 1. The summed E-state index contributed by atoms with van der Waals surface area (Å²) in [6.07, 6.45) is 8.17. The second-order valence-electron chi connectivity index (χ2n) is 6.46. The van der Waals surface area contributed by atoms with Gasteiger partial charge in [0.05, 0.1) is 17.4 Å². The molecule has 1 N–H and O–H groups in total. The quantitative estimate of drug-likeness (QED) is 0.472. The molecule has 4 aromatic rings. The highest BCUT2D eigenvalue weighted by Crippen LogP contribution is 2.23. The van der Waals surface area contributed by atoms with Gasteiger partial charge in [0.1, 0.15) is 11.6 Å². The van der Waals surface area contributed by atoms with E-state index in [9.17, 15) is 9.18 Å². The molecular formula is C20H17ClFN5OS. The zero-order valence-corrected chi connectivity index (χ0v) is 17.2.